The predicted octanol–water partition coefficient (Wildman–Crippen LogP) is 5.04. The first-order valence-corrected chi connectivity index (χ1v) is 14.2. The van der Waals surface area contributed by atoms with Gasteiger partial charge in [0.15, 0.2) is 6.61 Å². The number of para-hydroxylation sites is 1. The molecule has 6 rings (SSSR count). The van der Waals surface area contributed by atoms with E-state index in [-0.39, 0.29) is 22.9 Å². The number of H-pyrrole nitrogens is 1. The fraction of sp³-hybridized carbons (Fsp3) is 0.143. The number of ether oxygens (including phenoxy) is 1. The lowest BCUT2D eigenvalue weighted by Gasteiger charge is -2.31. The smallest absolute Gasteiger partial charge is 0.305 e. The SMILES string of the molecule is O=C(COc1ccc(Cl)cc1[C@H]1c2sc(=O)[nH]c2SC2C(=O)N(c3ccc(F)cc3)C(=O)C21)Nc1ccccc1. The maximum atomic E-state index is 13.9. The summed E-state index contributed by atoms with van der Waals surface area (Å²) in [4.78, 5) is 56.5. The van der Waals surface area contributed by atoms with Crippen molar-refractivity contribution >= 4 is 63.8 Å². The Balaban J connectivity index is 1.37. The Kier molecular flexibility index (Phi) is 6.95. The number of thiazole rings is 1. The van der Waals surface area contributed by atoms with E-state index in [0.29, 0.717) is 26.2 Å². The van der Waals surface area contributed by atoms with Gasteiger partial charge < -0.3 is 15.0 Å². The minimum absolute atomic E-state index is 0.252. The van der Waals surface area contributed by atoms with Crippen LogP contribution >= 0.6 is 34.7 Å². The van der Waals surface area contributed by atoms with E-state index < -0.39 is 40.6 Å². The topological polar surface area (TPSA) is 109 Å². The normalized spacial score (nSPS) is 19.8. The van der Waals surface area contributed by atoms with Crippen LogP contribution in [0.3, 0.4) is 0 Å². The number of hydrogen-bond donors (Lipinski definition) is 2. The maximum Gasteiger partial charge on any atom is 0.305 e. The Morgan fingerprint density at radius 2 is 1.77 bits per heavy atom. The van der Waals surface area contributed by atoms with Crippen LogP contribution in [-0.2, 0) is 14.4 Å². The molecule has 3 aromatic carbocycles. The van der Waals surface area contributed by atoms with Crippen molar-refractivity contribution in [2.45, 2.75) is 16.2 Å². The summed E-state index contributed by atoms with van der Waals surface area (Å²) in [5, 5.41) is 2.73. The third-order valence-electron chi connectivity index (χ3n) is 6.63. The molecule has 2 aliphatic heterocycles. The van der Waals surface area contributed by atoms with Crippen LogP contribution in [-0.4, -0.2) is 34.6 Å². The Labute approximate surface area is 240 Å². The fourth-order valence-corrected chi connectivity index (χ4v) is 7.64. The van der Waals surface area contributed by atoms with Gasteiger partial charge in [0.2, 0.25) is 11.8 Å². The fourth-order valence-electron chi connectivity index (χ4n) is 4.95. The molecule has 2 aliphatic rings. The van der Waals surface area contributed by atoms with Crippen LogP contribution in [0.5, 0.6) is 5.75 Å². The van der Waals surface area contributed by atoms with E-state index in [4.69, 9.17) is 16.3 Å². The molecule has 2 N–H and O–H groups in total. The number of fused-ring (bicyclic) bond motifs is 2. The molecule has 8 nitrogen and oxygen atoms in total. The zero-order valence-electron chi connectivity index (χ0n) is 20.4. The van der Waals surface area contributed by atoms with Gasteiger partial charge in [-0.1, -0.05) is 52.9 Å². The lowest BCUT2D eigenvalue weighted by atomic mass is 9.82. The van der Waals surface area contributed by atoms with Crippen molar-refractivity contribution in [2.24, 2.45) is 5.92 Å². The molecule has 0 saturated carbocycles. The van der Waals surface area contributed by atoms with Gasteiger partial charge in [0.1, 0.15) is 16.8 Å². The molecule has 0 bridgehead atoms. The highest BCUT2D eigenvalue weighted by Crippen LogP contribution is 2.54. The first kappa shape index (κ1) is 26.3. The van der Waals surface area contributed by atoms with Crippen LogP contribution < -0.4 is 19.8 Å². The minimum Gasteiger partial charge on any atom is -0.483 e. The molecule has 12 heteroatoms. The summed E-state index contributed by atoms with van der Waals surface area (Å²) in [5.74, 6) is -3.23. The van der Waals surface area contributed by atoms with Gasteiger partial charge in [0.25, 0.3) is 5.91 Å². The molecule has 3 amide bonds. The molecule has 4 aromatic rings. The van der Waals surface area contributed by atoms with Gasteiger partial charge >= 0.3 is 4.87 Å². The third-order valence-corrected chi connectivity index (χ3v) is 9.27. The van der Waals surface area contributed by atoms with Gasteiger partial charge in [-0.05, 0) is 54.6 Å². The minimum atomic E-state index is -0.902. The van der Waals surface area contributed by atoms with Gasteiger partial charge in [-0.15, -0.1) is 0 Å². The molecule has 0 aliphatic carbocycles. The Morgan fingerprint density at radius 1 is 1.02 bits per heavy atom. The van der Waals surface area contributed by atoms with E-state index in [0.717, 1.165) is 28.0 Å². The van der Waals surface area contributed by atoms with Gasteiger partial charge in [-0.2, -0.15) is 0 Å². The Morgan fingerprint density at radius 3 is 2.52 bits per heavy atom. The summed E-state index contributed by atoms with van der Waals surface area (Å²) in [6.45, 7) is -0.329. The van der Waals surface area contributed by atoms with Crippen LogP contribution in [0.25, 0.3) is 0 Å². The van der Waals surface area contributed by atoms with E-state index >= 15 is 0 Å². The number of thioether (sulfide) groups is 1. The number of aromatic amines is 1. The van der Waals surface area contributed by atoms with Crippen molar-refractivity contribution in [2.75, 3.05) is 16.8 Å². The third kappa shape index (κ3) is 4.80. The number of halogens is 2. The average molecular weight is 596 g/mol. The number of hydrogen-bond acceptors (Lipinski definition) is 7. The van der Waals surface area contributed by atoms with Crippen molar-refractivity contribution < 1.29 is 23.5 Å². The molecule has 3 heterocycles. The zero-order chi connectivity index (χ0) is 28.0. The van der Waals surface area contributed by atoms with Crippen LogP contribution in [0.2, 0.25) is 5.02 Å². The molecule has 1 saturated heterocycles. The number of benzene rings is 3. The van der Waals surface area contributed by atoms with E-state index in [1.54, 1.807) is 42.5 Å². The molecular weight excluding hydrogens is 577 g/mol. The molecule has 0 spiro atoms. The molecule has 3 atom stereocenters. The first-order chi connectivity index (χ1) is 19.3. The van der Waals surface area contributed by atoms with Gasteiger partial charge in [-0.25, -0.2) is 9.29 Å². The molecular formula is C28H19ClFN3O5S2. The van der Waals surface area contributed by atoms with Crippen molar-refractivity contribution in [3.63, 3.8) is 0 Å². The summed E-state index contributed by atoms with van der Waals surface area (Å²) < 4.78 is 19.5. The predicted molar refractivity (Wildman–Crippen MR) is 151 cm³/mol. The number of carbonyl (C=O) groups is 3. The van der Waals surface area contributed by atoms with Crippen LogP contribution in [0, 0.1) is 11.7 Å². The number of imide groups is 1. The van der Waals surface area contributed by atoms with Crippen molar-refractivity contribution in [3.05, 3.63) is 104 Å². The molecule has 1 fully saturated rings. The number of rotatable bonds is 6. The highest BCUT2D eigenvalue weighted by atomic mass is 35.5. The highest BCUT2D eigenvalue weighted by Gasteiger charge is 2.56. The summed E-state index contributed by atoms with van der Waals surface area (Å²) in [7, 11) is 0. The quantitative estimate of drug-likeness (QED) is 0.302. The monoisotopic (exact) mass is 595 g/mol. The molecule has 0 radical (unpaired) electrons. The summed E-state index contributed by atoms with van der Waals surface area (Å²) in [6.07, 6.45) is 0. The largest absolute Gasteiger partial charge is 0.483 e. The Bertz CT molecular complexity index is 1690. The van der Waals surface area contributed by atoms with E-state index in [2.05, 4.69) is 10.3 Å². The van der Waals surface area contributed by atoms with E-state index in [9.17, 15) is 23.6 Å². The average Bonchev–Trinajstić information content (AvgIpc) is 3.43. The van der Waals surface area contributed by atoms with Gasteiger partial charge in [0.05, 0.1) is 16.6 Å². The van der Waals surface area contributed by atoms with Crippen LogP contribution in [0.4, 0.5) is 15.8 Å². The standard InChI is InChI=1S/C28H19ClFN3O5S2/c29-14-6-11-19(38-13-20(34)31-16-4-2-1-3-5-16)18(12-14)21-22-24(39-25-23(21)40-28(37)32-25)27(36)33(26(22)35)17-9-7-15(30)8-10-17/h1-12,21-22,24H,13H2,(H,31,34)(H,32,37)/t21-,22?,24?/m1/s1. The van der Waals surface area contributed by atoms with E-state index in [1.807, 2.05) is 6.07 Å². The summed E-state index contributed by atoms with van der Waals surface area (Å²) in [5.41, 5.74) is 1.33. The van der Waals surface area contributed by atoms with Crippen LogP contribution in [0.1, 0.15) is 16.4 Å². The van der Waals surface area contributed by atoms with Gasteiger partial charge in [-0.3, -0.25) is 19.2 Å². The van der Waals surface area contributed by atoms with Crippen molar-refractivity contribution in [3.8, 4) is 5.75 Å². The number of anilines is 2. The number of amides is 3. The van der Waals surface area contributed by atoms with Crippen molar-refractivity contribution in [1.29, 1.82) is 0 Å². The summed E-state index contributed by atoms with van der Waals surface area (Å²) in [6, 6.07) is 18.8. The van der Waals surface area contributed by atoms with Crippen molar-refractivity contribution in [1.82, 2.24) is 4.98 Å². The van der Waals surface area contributed by atoms with Crippen LogP contribution in [0.15, 0.2) is 82.6 Å². The lowest BCUT2D eigenvalue weighted by molar-refractivity contribution is -0.122. The second kappa shape index (κ2) is 10.6. The number of nitrogens with zero attached hydrogens (tertiary/aromatic N) is 1. The molecule has 202 valence electrons. The molecule has 1 aromatic heterocycles. The second-order valence-corrected chi connectivity index (χ2v) is 11.7. The highest BCUT2D eigenvalue weighted by molar-refractivity contribution is 8.00. The number of aromatic nitrogens is 1. The molecule has 40 heavy (non-hydrogen) atoms. The van der Waals surface area contributed by atoms with Gasteiger partial charge in [0, 0.05) is 27.1 Å². The lowest BCUT2D eigenvalue weighted by Crippen LogP contribution is -2.32. The second-order valence-electron chi connectivity index (χ2n) is 9.12. The maximum absolute atomic E-state index is 13.9. The summed E-state index contributed by atoms with van der Waals surface area (Å²) >= 11 is 8.45. The Hall–Kier alpha value is -3.93. The first-order valence-electron chi connectivity index (χ1n) is 12.1. The number of nitrogens with one attached hydrogen (secondary N) is 2. The zero-order valence-corrected chi connectivity index (χ0v) is 22.8. The molecule has 2 unspecified atom stereocenters. The number of carbonyl (C=O) groups excluding carboxylic acids is 3. The van der Waals surface area contributed by atoms with E-state index in [1.165, 1.54) is 24.3 Å².